The van der Waals surface area contributed by atoms with Gasteiger partial charge in [-0.25, -0.2) is 4.68 Å². The molecule has 0 atom stereocenters. The van der Waals surface area contributed by atoms with Crippen molar-refractivity contribution < 1.29 is 9.47 Å². The van der Waals surface area contributed by atoms with Crippen molar-refractivity contribution in [3.05, 3.63) is 66.0 Å². The second-order valence-electron chi connectivity index (χ2n) is 6.95. The lowest BCUT2D eigenvalue weighted by atomic mass is 10.1. The third-order valence-electron chi connectivity index (χ3n) is 4.14. The van der Waals surface area contributed by atoms with Crippen molar-refractivity contribution in [3.63, 3.8) is 0 Å². The van der Waals surface area contributed by atoms with E-state index >= 15 is 0 Å². The minimum absolute atomic E-state index is 0.755. The van der Waals surface area contributed by atoms with E-state index in [-0.39, 0.29) is 0 Å². The lowest BCUT2D eigenvalue weighted by Crippen LogP contribution is -2.35. The van der Waals surface area contributed by atoms with Gasteiger partial charge in [-0.15, -0.1) is 0 Å². The van der Waals surface area contributed by atoms with Gasteiger partial charge in [-0.2, -0.15) is 5.10 Å². The van der Waals surface area contributed by atoms with Gasteiger partial charge in [0.15, 0.2) is 0 Å². The summed E-state index contributed by atoms with van der Waals surface area (Å²) >= 11 is 0. The lowest BCUT2D eigenvalue weighted by molar-refractivity contribution is 0.0638. The molecule has 0 N–H and O–H groups in total. The lowest BCUT2D eigenvalue weighted by Gasteiger charge is -2.30. The molecule has 1 saturated heterocycles. The summed E-state index contributed by atoms with van der Waals surface area (Å²) < 4.78 is 11.6. The van der Waals surface area contributed by atoms with Crippen molar-refractivity contribution in [3.8, 4) is 0 Å². The Balaban J connectivity index is 0.000000991. The Kier molecular flexibility index (Phi) is 16.0. The molecular formula is C26H43N3O2. The van der Waals surface area contributed by atoms with E-state index in [0.717, 1.165) is 49.0 Å². The first kappa shape index (κ1) is 28.6. The Morgan fingerprint density at radius 3 is 2.10 bits per heavy atom. The van der Waals surface area contributed by atoms with Gasteiger partial charge in [0.25, 0.3) is 0 Å². The van der Waals surface area contributed by atoms with Gasteiger partial charge in [0, 0.05) is 33.5 Å². The summed E-state index contributed by atoms with van der Waals surface area (Å²) in [7, 11) is 3.25. The van der Waals surface area contributed by atoms with Gasteiger partial charge >= 0.3 is 0 Å². The van der Waals surface area contributed by atoms with Gasteiger partial charge in [-0.1, -0.05) is 70.5 Å². The normalized spacial score (nSPS) is 13.0. The molecule has 174 valence electrons. The second-order valence-corrected chi connectivity index (χ2v) is 6.95. The number of hydrogen-bond donors (Lipinski definition) is 0. The fourth-order valence-electron chi connectivity index (χ4n) is 2.70. The van der Waals surface area contributed by atoms with E-state index in [2.05, 4.69) is 67.3 Å². The van der Waals surface area contributed by atoms with Crippen LogP contribution in [0.5, 0.6) is 0 Å². The number of aryl methyl sites for hydroxylation is 1. The topological polar surface area (TPSA) is 39.0 Å². The molecule has 0 amide bonds. The summed E-state index contributed by atoms with van der Waals surface area (Å²) in [5.74, 6) is 0. The Labute approximate surface area is 190 Å². The van der Waals surface area contributed by atoms with Crippen LogP contribution in [-0.4, -0.2) is 55.8 Å². The molecule has 2 heterocycles. The van der Waals surface area contributed by atoms with E-state index in [1.807, 2.05) is 37.7 Å². The van der Waals surface area contributed by atoms with Crippen LogP contribution in [0.25, 0.3) is 5.70 Å². The highest BCUT2D eigenvalue weighted by Gasteiger charge is 2.16. The van der Waals surface area contributed by atoms with Gasteiger partial charge in [-0.3, -0.25) is 0 Å². The molecule has 0 radical (unpaired) electrons. The van der Waals surface area contributed by atoms with E-state index in [1.165, 1.54) is 12.0 Å². The van der Waals surface area contributed by atoms with E-state index < -0.39 is 0 Å². The van der Waals surface area contributed by atoms with Crippen LogP contribution in [0.2, 0.25) is 0 Å². The smallest absolute Gasteiger partial charge is 0.0873 e. The molecule has 3 rings (SSSR count). The van der Waals surface area contributed by atoms with Crippen molar-refractivity contribution in [1.29, 1.82) is 0 Å². The van der Waals surface area contributed by atoms with Gasteiger partial charge in [0.2, 0.25) is 0 Å². The SMILES string of the molecule is C=C(c1cccn1/N=C(\C)c1ccc(C)cc1)N1CCOCC1.CC.CCC.COC. The molecule has 1 aromatic heterocycles. The number of methoxy groups -OCH3 is 1. The first-order valence-corrected chi connectivity index (χ1v) is 11.2. The van der Waals surface area contributed by atoms with Gasteiger partial charge in [-0.05, 0) is 31.5 Å². The molecule has 0 bridgehead atoms. The van der Waals surface area contributed by atoms with Crippen LogP contribution < -0.4 is 0 Å². The van der Waals surface area contributed by atoms with Crippen molar-refractivity contribution >= 4 is 11.4 Å². The Morgan fingerprint density at radius 1 is 1.06 bits per heavy atom. The number of hydrogen-bond acceptors (Lipinski definition) is 4. The molecule has 1 aromatic carbocycles. The third-order valence-corrected chi connectivity index (χ3v) is 4.14. The standard InChI is InChI=1S/C19H23N3O.C3H8.C2H6O.C2H6/c1-15-6-8-18(9-7-15)16(2)20-22-10-4-5-19(22)17(3)21-11-13-23-14-12-21;2*1-3-2;1-2/h4-10H,3,11-14H2,1-2H3;3H2,1-2H3;1-2H3;1-2H3/b20-16+;;;. The fraction of sp³-hybridized carbons (Fsp3) is 0.500. The summed E-state index contributed by atoms with van der Waals surface area (Å²) in [6, 6.07) is 12.5. The summed E-state index contributed by atoms with van der Waals surface area (Å²) in [4.78, 5) is 2.26. The quantitative estimate of drug-likeness (QED) is 0.553. The van der Waals surface area contributed by atoms with Gasteiger partial charge in [0.1, 0.15) is 0 Å². The minimum Gasteiger partial charge on any atom is -0.388 e. The summed E-state index contributed by atoms with van der Waals surface area (Å²) in [6.45, 7) is 19.9. The highest BCUT2D eigenvalue weighted by atomic mass is 16.5. The van der Waals surface area contributed by atoms with E-state index in [9.17, 15) is 0 Å². The molecule has 1 aliphatic rings. The first-order chi connectivity index (χ1) is 15.0. The molecule has 0 saturated carbocycles. The fourth-order valence-corrected chi connectivity index (χ4v) is 2.70. The molecule has 0 spiro atoms. The summed E-state index contributed by atoms with van der Waals surface area (Å²) in [5, 5.41) is 4.75. The van der Waals surface area contributed by atoms with E-state index in [4.69, 9.17) is 9.84 Å². The van der Waals surface area contributed by atoms with Crippen molar-refractivity contribution in [2.45, 2.75) is 48.0 Å². The Bertz CT molecular complexity index is 740. The summed E-state index contributed by atoms with van der Waals surface area (Å²) in [5.41, 5.74) is 5.39. The molecule has 1 fully saturated rings. The minimum atomic E-state index is 0.755. The Hall–Kier alpha value is -2.37. The van der Waals surface area contributed by atoms with Crippen molar-refractivity contribution in [1.82, 2.24) is 9.58 Å². The number of aromatic nitrogens is 1. The molecule has 2 aromatic rings. The number of rotatable bonds is 4. The van der Waals surface area contributed by atoms with Crippen LogP contribution in [0.4, 0.5) is 0 Å². The molecule has 0 aliphatic carbocycles. The second kappa shape index (κ2) is 17.3. The van der Waals surface area contributed by atoms with Crippen LogP contribution in [0, 0.1) is 6.92 Å². The van der Waals surface area contributed by atoms with Crippen molar-refractivity contribution in [2.75, 3.05) is 40.5 Å². The van der Waals surface area contributed by atoms with Crippen LogP contribution in [0.3, 0.4) is 0 Å². The predicted molar refractivity (Wildman–Crippen MR) is 135 cm³/mol. The molecule has 5 nitrogen and oxygen atoms in total. The van der Waals surface area contributed by atoms with Gasteiger partial charge < -0.3 is 14.4 Å². The van der Waals surface area contributed by atoms with Crippen LogP contribution in [0.15, 0.2) is 54.3 Å². The monoisotopic (exact) mass is 429 g/mol. The highest BCUT2D eigenvalue weighted by Crippen LogP contribution is 2.19. The van der Waals surface area contributed by atoms with Crippen molar-refractivity contribution in [2.24, 2.45) is 5.10 Å². The summed E-state index contributed by atoms with van der Waals surface area (Å²) in [6.07, 6.45) is 3.22. The first-order valence-electron chi connectivity index (χ1n) is 11.2. The molecule has 0 unspecified atom stereocenters. The van der Waals surface area contributed by atoms with E-state index in [1.54, 1.807) is 14.2 Å². The van der Waals surface area contributed by atoms with Gasteiger partial charge in [0.05, 0.1) is 30.3 Å². The Morgan fingerprint density at radius 2 is 1.58 bits per heavy atom. The average Bonchev–Trinajstić information content (AvgIpc) is 3.25. The third kappa shape index (κ3) is 10.5. The largest absolute Gasteiger partial charge is 0.388 e. The maximum Gasteiger partial charge on any atom is 0.0873 e. The molecule has 31 heavy (non-hydrogen) atoms. The molecule has 1 aliphatic heterocycles. The maximum absolute atomic E-state index is 5.41. The van der Waals surface area contributed by atoms with Crippen LogP contribution in [-0.2, 0) is 9.47 Å². The average molecular weight is 430 g/mol. The number of ether oxygens (including phenoxy) is 2. The highest BCUT2D eigenvalue weighted by molar-refractivity contribution is 5.98. The predicted octanol–water partition coefficient (Wildman–Crippen LogP) is 6.08. The number of morpholine rings is 1. The number of nitrogens with zero attached hydrogens (tertiary/aromatic N) is 3. The molecule has 5 heteroatoms. The van der Waals surface area contributed by atoms with E-state index in [0.29, 0.717) is 0 Å². The zero-order valence-electron chi connectivity index (χ0n) is 20.9. The zero-order chi connectivity index (χ0) is 23.6. The molecular weight excluding hydrogens is 386 g/mol. The van der Waals surface area contributed by atoms with Crippen LogP contribution in [0.1, 0.15) is 57.9 Å². The van der Waals surface area contributed by atoms with Crippen LogP contribution >= 0.6 is 0 Å². The zero-order valence-corrected chi connectivity index (χ0v) is 20.9. The maximum atomic E-state index is 5.41. The number of benzene rings is 1.